The van der Waals surface area contributed by atoms with Crippen LogP contribution < -0.4 is 0 Å². The molecule has 0 spiro atoms. The van der Waals surface area contributed by atoms with Crippen LogP contribution in [-0.4, -0.2) is 100 Å². The summed E-state index contributed by atoms with van der Waals surface area (Å²) in [6, 6.07) is 0. The maximum atomic E-state index is 12.1. The Balaban J connectivity index is 1.31. The van der Waals surface area contributed by atoms with Crippen LogP contribution in [0, 0.1) is 11.8 Å². The highest BCUT2D eigenvalue weighted by Gasteiger charge is 2.34. The summed E-state index contributed by atoms with van der Waals surface area (Å²) < 4.78 is 21.7. The molecule has 178 valence electrons. The SMILES string of the molecule is CC1CCN(C(=O)CCOCCOCCOCCOCCN2C(=O)CC(C)C2=O)CC1. The van der Waals surface area contributed by atoms with Gasteiger partial charge in [-0.1, -0.05) is 13.8 Å². The van der Waals surface area contributed by atoms with Crippen LogP contribution in [0.15, 0.2) is 0 Å². The minimum Gasteiger partial charge on any atom is -0.379 e. The fourth-order valence-corrected chi connectivity index (χ4v) is 3.58. The Bertz CT molecular complexity index is 564. The van der Waals surface area contributed by atoms with Gasteiger partial charge in [0, 0.05) is 25.4 Å². The molecule has 0 N–H and O–H groups in total. The van der Waals surface area contributed by atoms with Crippen LogP contribution in [0.5, 0.6) is 0 Å². The third-order valence-electron chi connectivity index (χ3n) is 5.64. The zero-order chi connectivity index (χ0) is 22.5. The molecule has 3 amide bonds. The number of hydrogen-bond donors (Lipinski definition) is 0. The Morgan fingerprint density at radius 1 is 0.839 bits per heavy atom. The molecule has 0 saturated carbocycles. The molecule has 2 aliphatic rings. The second-order valence-corrected chi connectivity index (χ2v) is 8.25. The van der Waals surface area contributed by atoms with Gasteiger partial charge in [-0.25, -0.2) is 0 Å². The van der Waals surface area contributed by atoms with E-state index in [1.54, 1.807) is 6.92 Å². The lowest BCUT2D eigenvalue weighted by Crippen LogP contribution is -2.38. The summed E-state index contributed by atoms with van der Waals surface area (Å²) >= 11 is 0. The van der Waals surface area contributed by atoms with Gasteiger partial charge in [-0.2, -0.15) is 0 Å². The van der Waals surface area contributed by atoms with E-state index in [2.05, 4.69) is 6.92 Å². The lowest BCUT2D eigenvalue weighted by atomic mass is 9.99. The molecule has 1 unspecified atom stereocenters. The number of hydrogen-bond acceptors (Lipinski definition) is 7. The highest BCUT2D eigenvalue weighted by atomic mass is 16.6. The van der Waals surface area contributed by atoms with E-state index in [9.17, 15) is 14.4 Å². The van der Waals surface area contributed by atoms with E-state index in [1.807, 2.05) is 4.90 Å². The normalized spacial score (nSPS) is 20.1. The van der Waals surface area contributed by atoms with E-state index in [0.29, 0.717) is 72.2 Å². The molecule has 2 saturated heterocycles. The van der Waals surface area contributed by atoms with E-state index in [-0.39, 0.29) is 23.6 Å². The second-order valence-electron chi connectivity index (χ2n) is 8.25. The maximum absolute atomic E-state index is 12.1. The number of nitrogens with zero attached hydrogens (tertiary/aromatic N) is 2. The minimum absolute atomic E-state index is 0.116. The van der Waals surface area contributed by atoms with Gasteiger partial charge in [-0.05, 0) is 18.8 Å². The number of ether oxygens (including phenoxy) is 4. The van der Waals surface area contributed by atoms with Gasteiger partial charge in [0.1, 0.15) is 0 Å². The Labute approximate surface area is 185 Å². The smallest absolute Gasteiger partial charge is 0.232 e. The molecule has 0 aliphatic carbocycles. The third-order valence-corrected chi connectivity index (χ3v) is 5.64. The number of rotatable bonds is 15. The van der Waals surface area contributed by atoms with E-state index in [1.165, 1.54) is 4.90 Å². The lowest BCUT2D eigenvalue weighted by Gasteiger charge is -2.30. The molecule has 0 aromatic heterocycles. The highest BCUT2D eigenvalue weighted by Crippen LogP contribution is 2.18. The van der Waals surface area contributed by atoms with Gasteiger partial charge in [-0.15, -0.1) is 0 Å². The Morgan fingerprint density at radius 2 is 1.35 bits per heavy atom. The molecule has 2 aliphatic heterocycles. The molecular weight excluding hydrogens is 404 g/mol. The molecule has 2 fully saturated rings. The zero-order valence-electron chi connectivity index (χ0n) is 19.0. The average molecular weight is 443 g/mol. The molecule has 0 radical (unpaired) electrons. The predicted molar refractivity (Wildman–Crippen MR) is 113 cm³/mol. The Hall–Kier alpha value is -1.55. The topological polar surface area (TPSA) is 94.6 Å². The van der Waals surface area contributed by atoms with Crippen molar-refractivity contribution in [3.8, 4) is 0 Å². The van der Waals surface area contributed by atoms with Crippen LogP contribution in [-0.2, 0) is 33.3 Å². The molecule has 0 aromatic rings. The first-order valence-corrected chi connectivity index (χ1v) is 11.4. The van der Waals surface area contributed by atoms with Crippen molar-refractivity contribution in [1.82, 2.24) is 9.80 Å². The first kappa shape index (κ1) is 25.7. The van der Waals surface area contributed by atoms with Crippen molar-refractivity contribution in [2.45, 2.75) is 39.5 Å². The quantitative estimate of drug-likeness (QED) is 0.277. The van der Waals surface area contributed by atoms with Gasteiger partial charge < -0.3 is 23.8 Å². The third kappa shape index (κ3) is 9.64. The molecular formula is C22H38N2O7. The van der Waals surface area contributed by atoms with E-state index in [4.69, 9.17) is 18.9 Å². The van der Waals surface area contributed by atoms with Gasteiger partial charge in [-0.3, -0.25) is 19.3 Å². The first-order valence-electron chi connectivity index (χ1n) is 11.4. The predicted octanol–water partition coefficient (Wildman–Crippen LogP) is 1.10. The standard InChI is InChI=1S/C22H38N2O7/c1-18-3-6-23(7-4-18)20(25)5-9-28-11-13-30-15-16-31-14-12-29-10-8-24-21(26)17-19(2)22(24)27/h18-19H,3-17H2,1-2H3. The first-order chi connectivity index (χ1) is 15.0. The van der Waals surface area contributed by atoms with E-state index >= 15 is 0 Å². The van der Waals surface area contributed by atoms with Crippen LogP contribution in [0.25, 0.3) is 0 Å². The van der Waals surface area contributed by atoms with Crippen LogP contribution in [0.3, 0.4) is 0 Å². The molecule has 2 heterocycles. The number of piperidine rings is 1. The number of imide groups is 1. The van der Waals surface area contributed by atoms with Crippen LogP contribution >= 0.6 is 0 Å². The van der Waals surface area contributed by atoms with Crippen LogP contribution in [0.1, 0.15) is 39.5 Å². The van der Waals surface area contributed by atoms with Gasteiger partial charge in [0.15, 0.2) is 0 Å². The van der Waals surface area contributed by atoms with Gasteiger partial charge in [0.25, 0.3) is 0 Å². The molecule has 1 atom stereocenters. The van der Waals surface area contributed by atoms with Crippen molar-refractivity contribution in [3.63, 3.8) is 0 Å². The van der Waals surface area contributed by atoms with Crippen molar-refractivity contribution in [2.24, 2.45) is 11.8 Å². The molecule has 9 nitrogen and oxygen atoms in total. The number of carbonyl (C=O) groups is 3. The second kappa shape index (κ2) is 14.5. The van der Waals surface area contributed by atoms with Crippen molar-refractivity contribution >= 4 is 17.7 Å². The summed E-state index contributed by atoms with van der Waals surface area (Å²) in [6.07, 6.45) is 2.91. The van der Waals surface area contributed by atoms with Gasteiger partial charge in [0.05, 0.1) is 65.8 Å². The fourth-order valence-electron chi connectivity index (χ4n) is 3.58. The van der Waals surface area contributed by atoms with Crippen LogP contribution in [0.2, 0.25) is 0 Å². The summed E-state index contributed by atoms with van der Waals surface area (Å²) in [4.78, 5) is 38.7. The number of amides is 3. The summed E-state index contributed by atoms with van der Waals surface area (Å²) in [5.74, 6) is 0.441. The molecule has 0 aromatic carbocycles. The minimum atomic E-state index is -0.215. The number of likely N-dealkylation sites (tertiary alicyclic amines) is 2. The highest BCUT2D eigenvalue weighted by molar-refractivity contribution is 6.03. The summed E-state index contributed by atoms with van der Waals surface area (Å²) in [5, 5.41) is 0. The van der Waals surface area contributed by atoms with E-state index in [0.717, 1.165) is 31.8 Å². The Kier molecular flexibility index (Phi) is 12.0. The number of carbonyl (C=O) groups excluding carboxylic acids is 3. The monoisotopic (exact) mass is 442 g/mol. The summed E-state index contributed by atoms with van der Waals surface area (Å²) in [5.41, 5.74) is 0. The van der Waals surface area contributed by atoms with Gasteiger partial charge >= 0.3 is 0 Å². The maximum Gasteiger partial charge on any atom is 0.232 e. The van der Waals surface area contributed by atoms with Crippen molar-refractivity contribution in [3.05, 3.63) is 0 Å². The summed E-state index contributed by atoms with van der Waals surface area (Å²) in [7, 11) is 0. The van der Waals surface area contributed by atoms with Gasteiger partial charge in [0.2, 0.25) is 17.7 Å². The van der Waals surface area contributed by atoms with Crippen LogP contribution in [0.4, 0.5) is 0 Å². The molecule has 9 heteroatoms. The Morgan fingerprint density at radius 3 is 1.87 bits per heavy atom. The van der Waals surface area contributed by atoms with Crippen molar-refractivity contribution < 1.29 is 33.3 Å². The zero-order valence-corrected chi connectivity index (χ0v) is 19.0. The average Bonchev–Trinajstić information content (AvgIpc) is 3.00. The molecule has 31 heavy (non-hydrogen) atoms. The molecule has 0 bridgehead atoms. The van der Waals surface area contributed by atoms with Crippen molar-refractivity contribution in [1.29, 1.82) is 0 Å². The fraction of sp³-hybridized carbons (Fsp3) is 0.864. The van der Waals surface area contributed by atoms with E-state index < -0.39 is 0 Å². The molecule has 2 rings (SSSR count). The largest absolute Gasteiger partial charge is 0.379 e. The van der Waals surface area contributed by atoms with Crippen molar-refractivity contribution in [2.75, 3.05) is 72.5 Å². The summed E-state index contributed by atoms with van der Waals surface area (Å²) in [6.45, 7) is 9.44. The lowest BCUT2D eigenvalue weighted by molar-refractivity contribution is -0.140.